The standard InChI is InChI=1S/C11H15NO2/c1-14-10-5-9(6-12-7-10)11(13)8-3-2-4-8/h5-8,11,13H,2-4H2,1H3. The van der Waals surface area contributed by atoms with E-state index in [2.05, 4.69) is 4.98 Å². The first-order valence-electron chi connectivity index (χ1n) is 4.98. The Morgan fingerprint density at radius 3 is 2.86 bits per heavy atom. The van der Waals surface area contributed by atoms with Gasteiger partial charge in [0.2, 0.25) is 0 Å². The topological polar surface area (TPSA) is 42.4 Å². The SMILES string of the molecule is COc1cncc(C(O)C2CCC2)c1. The molecule has 3 nitrogen and oxygen atoms in total. The fourth-order valence-corrected chi connectivity index (χ4v) is 1.74. The molecule has 3 heteroatoms. The van der Waals surface area contributed by atoms with Gasteiger partial charge in [0.15, 0.2) is 0 Å². The molecule has 0 saturated heterocycles. The summed E-state index contributed by atoms with van der Waals surface area (Å²) in [4.78, 5) is 4.03. The summed E-state index contributed by atoms with van der Waals surface area (Å²) in [5, 5.41) is 9.96. The van der Waals surface area contributed by atoms with Crippen molar-refractivity contribution < 1.29 is 9.84 Å². The molecule has 1 N–H and O–H groups in total. The Balaban J connectivity index is 2.13. The van der Waals surface area contributed by atoms with E-state index in [9.17, 15) is 5.11 Å². The molecule has 0 aliphatic heterocycles. The van der Waals surface area contributed by atoms with Crippen LogP contribution in [-0.4, -0.2) is 17.2 Å². The van der Waals surface area contributed by atoms with Crippen LogP contribution >= 0.6 is 0 Å². The number of hydrogen-bond acceptors (Lipinski definition) is 3. The van der Waals surface area contributed by atoms with E-state index in [1.165, 1.54) is 6.42 Å². The van der Waals surface area contributed by atoms with Gasteiger partial charge in [-0.3, -0.25) is 4.98 Å². The van der Waals surface area contributed by atoms with E-state index in [1.54, 1.807) is 19.5 Å². The second-order valence-corrected chi connectivity index (χ2v) is 3.79. The minimum absolute atomic E-state index is 0.369. The Morgan fingerprint density at radius 2 is 2.29 bits per heavy atom. The van der Waals surface area contributed by atoms with Crippen molar-refractivity contribution in [3.63, 3.8) is 0 Å². The molecule has 14 heavy (non-hydrogen) atoms. The molecule has 2 rings (SSSR count). The first-order chi connectivity index (χ1) is 6.81. The van der Waals surface area contributed by atoms with Crippen LogP contribution in [0.15, 0.2) is 18.5 Å². The number of ether oxygens (including phenoxy) is 1. The molecule has 0 bridgehead atoms. The molecule has 0 spiro atoms. The van der Waals surface area contributed by atoms with Crippen molar-refractivity contribution in [1.29, 1.82) is 0 Å². The number of aliphatic hydroxyl groups excluding tert-OH is 1. The van der Waals surface area contributed by atoms with Gasteiger partial charge in [-0.15, -0.1) is 0 Å². The molecule has 1 fully saturated rings. The molecule has 0 radical (unpaired) electrons. The van der Waals surface area contributed by atoms with Gasteiger partial charge in [0, 0.05) is 11.8 Å². The first kappa shape index (κ1) is 9.46. The minimum Gasteiger partial charge on any atom is -0.495 e. The van der Waals surface area contributed by atoms with Gasteiger partial charge in [0.1, 0.15) is 5.75 Å². The molecule has 1 saturated carbocycles. The van der Waals surface area contributed by atoms with E-state index in [-0.39, 0.29) is 6.10 Å². The molecule has 1 heterocycles. The average Bonchev–Trinajstić information content (AvgIpc) is 2.15. The van der Waals surface area contributed by atoms with Crippen LogP contribution in [0.1, 0.15) is 30.9 Å². The number of pyridine rings is 1. The van der Waals surface area contributed by atoms with Gasteiger partial charge in [0.05, 0.1) is 19.4 Å². The summed E-state index contributed by atoms with van der Waals surface area (Å²) in [6.45, 7) is 0. The van der Waals surface area contributed by atoms with Gasteiger partial charge in [0.25, 0.3) is 0 Å². The van der Waals surface area contributed by atoms with Gasteiger partial charge in [-0.25, -0.2) is 0 Å². The van der Waals surface area contributed by atoms with Crippen molar-refractivity contribution in [2.75, 3.05) is 7.11 Å². The summed E-state index contributed by atoms with van der Waals surface area (Å²) >= 11 is 0. The second-order valence-electron chi connectivity index (χ2n) is 3.79. The monoisotopic (exact) mass is 193 g/mol. The van der Waals surface area contributed by atoms with Crippen LogP contribution in [0.25, 0.3) is 0 Å². The number of aromatic nitrogens is 1. The first-order valence-corrected chi connectivity index (χ1v) is 4.98. The summed E-state index contributed by atoms with van der Waals surface area (Å²) in [5.41, 5.74) is 0.869. The number of methoxy groups -OCH3 is 1. The molecule has 0 amide bonds. The van der Waals surface area contributed by atoms with Crippen molar-refractivity contribution in [3.05, 3.63) is 24.0 Å². The van der Waals surface area contributed by atoms with Crippen LogP contribution in [-0.2, 0) is 0 Å². The normalized spacial score (nSPS) is 18.7. The molecule has 1 aliphatic carbocycles. The number of aliphatic hydroxyl groups is 1. The average molecular weight is 193 g/mol. The lowest BCUT2D eigenvalue weighted by Crippen LogP contribution is -2.20. The zero-order chi connectivity index (χ0) is 9.97. The summed E-state index contributed by atoms with van der Waals surface area (Å²) in [6.07, 6.45) is 6.48. The predicted octanol–water partition coefficient (Wildman–Crippen LogP) is 1.92. The summed E-state index contributed by atoms with van der Waals surface area (Å²) < 4.78 is 5.06. The summed E-state index contributed by atoms with van der Waals surface area (Å²) in [6, 6.07) is 1.86. The Bertz CT molecular complexity index is 310. The van der Waals surface area contributed by atoms with Crippen LogP contribution < -0.4 is 4.74 Å². The lowest BCUT2D eigenvalue weighted by Gasteiger charge is -2.30. The second kappa shape index (κ2) is 3.96. The number of rotatable bonds is 3. The van der Waals surface area contributed by atoms with Crippen molar-refractivity contribution in [2.45, 2.75) is 25.4 Å². The number of nitrogens with zero attached hydrogens (tertiary/aromatic N) is 1. The summed E-state index contributed by atoms with van der Waals surface area (Å²) in [7, 11) is 1.61. The van der Waals surface area contributed by atoms with Crippen molar-refractivity contribution in [2.24, 2.45) is 5.92 Å². The molecule has 0 aromatic carbocycles. The molecular weight excluding hydrogens is 178 g/mol. The lowest BCUT2D eigenvalue weighted by atomic mass is 9.79. The van der Waals surface area contributed by atoms with Gasteiger partial charge in [-0.2, -0.15) is 0 Å². The Morgan fingerprint density at radius 1 is 1.50 bits per heavy atom. The van der Waals surface area contributed by atoms with Crippen molar-refractivity contribution in [1.82, 2.24) is 4.98 Å². The van der Waals surface area contributed by atoms with Crippen molar-refractivity contribution >= 4 is 0 Å². The van der Waals surface area contributed by atoms with E-state index >= 15 is 0 Å². The van der Waals surface area contributed by atoms with E-state index in [1.807, 2.05) is 6.07 Å². The van der Waals surface area contributed by atoms with Crippen molar-refractivity contribution in [3.8, 4) is 5.75 Å². The molecule has 1 aromatic rings. The maximum Gasteiger partial charge on any atom is 0.137 e. The third-order valence-electron chi connectivity index (χ3n) is 2.91. The van der Waals surface area contributed by atoms with E-state index in [0.29, 0.717) is 11.7 Å². The van der Waals surface area contributed by atoms with Gasteiger partial charge in [-0.1, -0.05) is 6.42 Å². The smallest absolute Gasteiger partial charge is 0.137 e. The third-order valence-corrected chi connectivity index (χ3v) is 2.91. The lowest BCUT2D eigenvalue weighted by molar-refractivity contribution is 0.0616. The van der Waals surface area contributed by atoms with E-state index in [0.717, 1.165) is 18.4 Å². The highest BCUT2D eigenvalue weighted by molar-refractivity contribution is 5.25. The van der Waals surface area contributed by atoms with Crippen LogP contribution in [0, 0.1) is 5.92 Å². The highest BCUT2D eigenvalue weighted by atomic mass is 16.5. The highest BCUT2D eigenvalue weighted by Crippen LogP contribution is 2.37. The molecule has 1 aromatic heterocycles. The fourth-order valence-electron chi connectivity index (χ4n) is 1.74. The van der Waals surface area contributed by atoms with Crippen LogP contribution in [0.5, 0.6) is 5.75 Å². The van der Waals surface area contributed by atoms with Crippen LogP contribution in [0.3, 0.4) is 0 Å². The molecule has 1 unspecified atom stereocenters. The van der Waals surface area contributed by atoms with Gasteiger partial charge < -0.3 is 9.84 Å². The molecule has 1 atom stereocenters. The minimum atomic E-state index is -0.369. The summed E-state index contributed by atoms with van der Waals surface area (Å²) in [5.74, 6) is 1.13. The Kier molecular flexibility index (Phi) is 2.68. The quantitative estimate of drug-likeness (QED) is 0.797. The fraction of sp³-hybridized carbons (Fsp3) is 0.545. The largest absolute Gasteiger partial charge is 0.495 e. The Hall–Kier alpha value is -1.09. The number of hydrogen-bond donors (Lipinski definition) is 1. The maximum absolute atomic E-state index is 9.96. The van der Waals surface area contributed by atoms with Crippen LogP contribution in [0.4, 0.5) is 0 Å². The molecular formula is C11H15NO2. The zero-order valence-corrected chi connectivity index (χ0v) is 8.31. The van der Waals surface area contributed by atoms with Crippen LogP contribution in [0.2, 0.25) is 0 Å². The predicted molar refractivity (Wildman–Crippen MR) is 53.1 cm³/mol. The molecule has 1 aliphatic rings. The highest BCUT2D eigenvalue weighted by Gasteiger charge is 2.26. The van der Waals surface area contributed by atoms with Gasteiger partial charge >= 0.3 is 0 Å². The van der Waals surface area contributed by atoms with E-state index in [4.69, 9.17) is 4.74 Å². The third kappa shape index (κ3) is 1.73. The van der Waals surface area contributed by atoms with Gasteiger partial charge in [-0.05, 0) is 24.8 Å². The maximum atomic E-state index is 9.96. The Labute approximate surface area is 83.7 Å². The molecule has 76 valence electrons. The zero-order valence-electron chi connectivity index (χ0n) is 8.31. The van der Waals surface area contributed by atoms with E-state index < -0.39 is 0 Å².